The van der Waals surface area contributed by atoms with Crippen LogP contribution in [0.5, 0.6) is 11.5 Å². The van der Waals surface area contributed by atoms with Gasteiger partial charge in [0.15, 0.2) is 0 Å². The summed E-state index contributed by atoms with van der Waals surface area (Å²) in [6.45, 7) is 7.74. The summed E-state index contributed by atoms with van der Waals surface area (Å²) in [6, 6.07) is 16.6. The first-order valence-electron chi connectivity index (χ1n) is 10.7. The summed E-state index contributed by atoms with van der Waals surface area (Å²) in [4.78, 5) is 0. The van der Waals surface area contributed by atoms with E-state index < -0.39 is 21.1 Å². The molecule has 0 saturated carbocycles. The van der Waals surface area contributed by atoms with E-state index >= 15 is 0 Å². The molecule has 0 aromatic heterocycles. The van der Waals surface area contributed by atoms with Crippen molar-refractivity contribution >= 4 is 0 Å². The predicted molar refractivity (Wildman–Crippen MR) is 126 cm³/mol. The van der Waals surface area contributed by atoms with Crippen molar-refractivity contribution < 1.29 is 26.8 Å². The zero-order chi connectivity index (χ0) is 21.5. The fraction of sp³-hybridized carbons (Fsp3) is 0.143. The molecule has 2 nitrogen and oxygen atoms in total. The Labute approximate surface area is 191 Å². The molecule has 2 aromatic rings. The number of allylic oxidation sites excluding steroid dienone is 10. The van der Waals surface area contributed by atoms with Crippen LogP contribution in [0.1, 0.15) is 11.1 Å². The molecule has 0 aliphatic heterocycles. The Morgan fingerprint density at radius 1 is 0.677 bits per heavy atom. The van der Waals surface area contributed by atoms with Crippen molar-refractivity contribution in [2.75, 3.05) is 0 Å². The zero-order valence-electron chi connectivity index (χ0n) is 17.7. The Kier molecular flexibility index (Phi) is 7.04. The Balaban J connectivity index is 1.77. The van der Waals surface area contributed by atoms with E-state index in [-0.39, 0.29) is 7.25 Å². The van der Waals surface area contributed by atoms with Crippen molar-refractivity contribution in [2.45, 2.75) is 20.1 Å². The Hall–Kier alpha value is -2.64. The third-order valence-electron chi connectivity index (χ3n) is 5.54. The molecule has 0 saturated heterocycles. The van der Waals surface area contributed by atoms with Gasteiger partial charge in [0.05, 0.1) is 0 Å². The number of hydrogen-bond donors (Lipinski definition) is 0. The van der Waals surface area contributed by atoms with E-state index in [1.165, 1.54) is 11.1 Å². The quantitative estimate of drug-likeness (QED) is 0.325. The molecule has 0 heterocycles. The molecule has 0 bridgehead atoms. The van der Waals surface area contributed by atoms with Crippen molar-refractivity contribution in [2.24, 2.45) is 0 Å². The first-order valence-corrected chi connectivity index (χ1v) is 15.6. The third-order valence-corrected chi connectivity index (χ3v) is 14.7. The van der Waals surface area contributed by atoms with E-state index in [1.54, 1.807) is 0 Å². The molecular formula is C28H28O2Zr. The number of hydrogen-bond acceptors (Lipinski definition) is 2. The molecule has 156 valence electrons. The van der Waals surface area contributed by atoms with Gasteiger partial charge in [0.2, 0.25) is 0 Å². The zero-order valence-corrected chi connectivity index (χ0v) is 20.1. The molecule has 0 fully saturated rings. The molecule has 0 amide bonds. The van der Waals surface area contributed by atoms with Gasteiger partial charge in [-0.1, -0.05) is 0 Å². The van der Waals surface area contributed by atoms with Crippen LogP contribution in [-0.4, -0.2) is 0 Å². The third kappa shape index (κ3) is 5.00. The molecule has 0 unspecified atom stereocenters. The minimum absolute atomic E-state index is 0.165. The molecule has 2 aliphatic rings. The Morgan fingerprint density at radius 2 is 1.10 bits per heavy atom. The van der Waals surface area contributed by atoms with Crippen molar-refractivity contribution in [3.05, 3.63) is 134 Å². The SMILES string of the molecule is C=CCc1cccc([O][Zr]([O]c2cccc(CC=C)c2)([CH]2C=CC=C2)[CH]2C=CC=C2)c1. The average Bonchev–Trinajstić information content (AvgIpc) is 3.49. The van der Waals surface area contributed by atoms with Gasteiger partial charge in [-0.05, 0) is 0 Å². The van der Waals surface area contributed by atoms with Gasteiger partial charge in [0.1, 0.15) is 0 Å². The first kappa shape index (κ1) is 21.6. The Bertz CT molecular complexity index is 951. The topological polar surface area (TPSA) is 18.5 Å². The molecule has 2 aromatic carbocycles. The molecule has 0 N–H and O–H groups in total. The summed E-state index contributed by atoms with van der Waals surface area (Å²) in [5.74, 6) is 1.75. The van der Waals surface area contributed by atoms with E-state index in [9.17, 15) is 0 Å². The molecule has 2 aliphatic carbocycles. The van der Waals surface area contributed by atoms with Crippen LogP contribution >= 0.6 is 0 Å². The molecule has 0 spiro atoms. The van der Waals surface area contributed by atoms with Crippen LogP contribution in [0.3, 0.4) is 0 Å². The summed E-state index contributed by atoms with van der Waals surface area (Å²) in [6.07, 6.45) is 22.8. The standard InChI is InChI=1S/2C9H10O.2C5H5.Zr/c2*1-2-4-8-5-3-6-9(10)7-8;2*1-2-4-5-3-1;/h2*2-3,5-7,10H,1,4H2;2*1-5H;/q;;;;+2/p-2. The van der Waals surface area contributed by atoms with Crippen molar-refractivity contribution in [1.82, 2.24) is 0 Å². The molecule has 0 atom stereocenters. The summed E-state index contributed by atoms with van der Waals surface area (Å²) < 4.78 is 14.3. The molecule has 3 heteroatoms. The fourth-order valence-electron chi connectivity index (χ4n) is 4.09. The number of benzene rings is 2. The maximum absolute atomic E-state index is 6.99. The first-order chi connectivity index (χ1) is 15.2. The van der Waals surface area contributed by atoms with E-state index in [4.69, 9.17) is 5.63 Å². The second kappa shape index (κ2) is 10.1. The van der Waals surface area contributed by atoms with E-state index in [2.05, 4.69) is 98.2 Å². The monoisotopic (exact) mass is 486 g/mol. The normalized spacial score (nSPS) is 15.5. The maximum atomic E-state index is 6.99. The predicted octanol–water partition coefficient (Wildman–Crippen LogP) is 7.41. The summed E-state index contributed by atoms with van der Waals surface area (Å²) in [5.41, 5.74) is 2.38. The van der Waals surface area contributed by atoms with Gasteiger partial charge < -0.3 is 0 Å². The van der Waals surface area contributed by atoms with Crippen LogP contribution in [0.2, 0.25) is 7.25 Å². The summed E-state index contributed by atoms with van der Waals surface area (Å²) in [7, 11) is 0. The second-order valence-corrected chi connectivity index (χ2v) is 15.6. The van der Waals surface area contributed by atoms with Crippen LogP contribution in [0, 0.1) is 0 Å². The van der Waals surface area contributed by atoms with Gasteiger partial charge in [-0.25, -0.2) is 0 Å². The average molecular weight is 488 g/mol. The van der Waals surface area contributed by atoms with Crippen molar-refractivity contribution in [1.29, 1.82) is 0 Å². The van der Waals surface area contributed by atoms with E-state index in [1.807, 2.05) is 24.3 Å². The second-order valence-electron chi connectivity index (χ2n) is 7.80. The van der Waals surface area contributed by atoms with Crippen LogP contribution in [0.25, 0.3) is 0 Å². The van der Waals surface area contributed by atoms with Gasteiger partial charge in [-0.15, -0.1) is 0 Å². The molecule has 4 rings (SSSR count). The van der Waals surface area contributed by atoms with Crippen molar-refractivity contribution in [3.8, 4) is 11.5 Å². The van der Waals surface area contributed by atoms with Crippen LogP contribution in [0.15, 0.2) is 122 Å². The Morgan fingerprint density at radius 3 is 1.48 bits per heavy atom. The van der Waals surface area contributed by atoms with Gasteiger partial charge >= 0.3 is 192 Å². The molecular weight excluding hydrogens is 460 g/mol. The van der Waals surface area contributed by atoms with E-state index in [0.717, 1.165) is 24.3 Å². The van der Waals surface area contributed by atoms with Crippen molar-refractivity contribution in [3.63, 3.8) is 0 Å². The minimum atomic E-state index is -3.90. The number of rotatable bonds is 10. The summed E-state index contributed by atoms with van der Waals surface area (Å²) >= 11 is -3.90. The summed E-state index contributed by atoms with van der Waals surface area (Å²) in [5, 5.41) is 0. The van der Waals surface area contributed by atoms with Gasteiger partial charge in [-0.3, -0.25) is 0 Å². The fourth-order valence-corrected chi connectivity index (χ4v) is 12.8. The van der Waals surface area contributed by atoms with Crippen LogP contribution in [-0.2, 0) is 34.0 Å². The van der Waals surface area contributed by atoms with Gasteiger partial charge in [-0.2, -0.15) is 0 Å². The van der Waals surface area contributed by atoms with Gasteiger partial charge in [0, 0.05) is 0 Å². The van der Waals surface area contributed by atoms with Crippen LogP contribution < -0.4 is 5.63 Å². The van der Waals surface area contributed by atoms with Crippen LogP contribution in [0.4, 0.5) is 0 Å². The molecule has 0 radical (unpaired) electrons. The molecule has 31 heavy (non-hydrogen) atoms. The van der Waals surface area contributed by atoms with Gasteiger partial charge in [0.25, 0.3) is 0 Å². The van der Waals surface area contributed by atoms with E-state index in [0.29, 0.717) is 0 Å².